The summed E-state index contributed by atoms with van der Waals surface area (Å²) in [7, 11) is 0. The smallest absolute Gasteiger partial charge is 0.251 e. The molecule has 19 heavy (non-hydrogen) atoms. The second kappa shape index (κ2) is 6.96. The number of nitrogens with two attached hydrogens (primary N) is 1. The lowest BCUT2D eigenvalue weighted by atomic mass is 10.0. The van der Waals surface area contributed by atoms with Gasteiger partial charge in [-0.3, -0.25) is 4.79 Å². The van der Waals surface area contributed by atoms with E-state index in [4.69, 9.17) is 5.73 Å². The number of amides is 1. The molecule has 0 spiro atoms. The van der Waals surface area contributed by atoms with Gasteiger partial charge in [-0.05, 0) is 37.5 Å². The molecule has 1 unspecified atom stereocenters. The zero-order chi connectivity index (χ0) is 14.4. The highest BCUT2D eigenvalue weighted by Crippen LogP contribution is 2.13. The molecule has 0 saturated heterocycles. The maximum absolute atomic E-state index is 12.2. The Morgan fingerprint density at radius 2 is 2.05 bits per heavy atom. The number of nitrogens with one attached hydrogen (secondary N) is 1. The van der Waals surface area contributed by atoms with Crippen molar-refractivity contribution in [2.45, 2.75) is 33.7 Å². The van der Waals surface area contributed by atoms with Crippen LogP contribution in [0.4, 0.5) is 0 Å². The van der Waals surface area contributed by atoms with Gasteiger partial charge < -0.3 is 11.1 Å². The molecule has 0 radical (unpaired) electrons. The maximum Gasteiger partial charge on any atom is 0.251 e. The summed E-state index contributed by atoms with van der Waals surface area (Å²) in [4.78, 5) is 12.2. The molecule has 0 aromatic heterocycles. The normalized spacial score (nSPS) is 11.7. The second-order valence-corrected chi connectivity index (χ2v) is 4.99. The molecule has 1 aromatic carbocycles. The van der Waals surface area contributed by atoms with Crippen LogP contribution >= 0.6 is 0 Å². The number of hydrogen-bond acceptors (Lipinski definition) is 2. The fourth-order valence-corrected chi connectivity index (χ4v) is 1.61. The van der Waals surface area contributed by atoms with Gasteiger partial charge in [-0.2, -0.15) is 0 Å². The third-order valence-electron chi connectivity index (χ3n) is 3.26. The number of carbonyl (C=O) groups is 1. The molecule has 0 aliphatic carbocycles. The Hall–Kier alpha value is -1.79. The van der Waals surface area contributed by atoms with Gasteiger partial charge >= 0.3 is 0 Å². The van der Waals surface area contributed by atoms with Gasteiger partial charge in [-0.15, -0.1) is 0 Å². The molecule has 1 atom stereocenters. The minimum Gasteiger partial charge on any atom is -0.349 e. The lowest BCUT2D eigenvalue weighted by Gasteiger charge is -2.18. The minimum atomic E-state index is -0.0462. The molecule has 3 N–H and O–H groups in total. The predicted molar refractivity (Wildman–Crippen MR) is 78.9 cm³/mol. The van der Waals surface area contributed by atoms with Gasteiger partial charge in [-0.25, -0.2) is 0 Å². The van der Waals surface area contributed by atoms with Crippen molar-refractivity contribution in [1.29, 1.82) is 0 Å². The molecule has 3 nitrogen and oxygen atoms in total. The first kappa shape index (κ1) is 15.3. The average molecular weight is 258 g/mol. The number of hydrogen-bond donors (Lipinski definition) is 2. The van der Waals surface area contributed by atoms with E-state index in [0.717, 1.165) is 11.1 Å². The first-order valence-electron chi connectivity index (χ1n) is 6.56. The lowest BCUT2D eigenvalue weighted by molar-refractivity contribution is 0.0930. The molecular weight excluding hydrogens is 236 g/mol. The minimum absolute atomic E-state index is 0.0462. The lowest BCUT2D eigenvalue weighted by Crippen LogP contribution is -2.36. The molecule has 0 aliphatic rings. The summed E-state index contributed by atoms with van der Waals surface area (Å²) >= 11 is 0. The van der Waals surface area contributed by atoms with Crippen molar-refractivity contribution < 1.29 is 4.79 Å². The summed E-state index contributed by atoms with van der Waals surface area (Å²) in [5.41, 5.74) is 7.80. The van der Waals surface area contributed by atoms with Gasteiger partial charge in [0.15, 0.2) is 0 Å². The van der Waals surface area contributed by atoms with E-state index >= 15 is 0 Å². The van der Waals surface area contributed by atoms with Crippen LogP contribution in [0.5, 0.6) is 0 Å². The Morgan fingerprint density at radius 3 is 2.63 bits per heavy atom. The molecule has 1 rings (SSSR count). The van der Waals surface area contributed by atoms with Crippen LogP contribution in [-0.2, 0) is 0 Å². The Labute approximate surface area is 115 Å². The first-order chi connectivity index (χ1) is 8.97. The van der Waals surface area contributed by atoms with Gasteiger partial charge in [0.1, 0.15) is 0 Å². The Balaban J connectivity index is 2.98. The van der Waals surface area contributed by atoms with Gasteiger partial charge in [0.2, 0.25) is 0 Å². The molecule has 0 heterocycles. The van der Waals surface area contributed by atoms with Crippen LogP contribution in [-0.4, -0.2) is 18.5 Å². The quantitative estimate of drug-likeness (QED) is 0.816. The van der Waals surface area contributed by atoms with E-state index in [1.807, 2.05) is 32.0 Å². The fourth-order valence-electron chi connectivity index (χ4n) is 1.61. The second-order valence-electron chi connectivity index (χ2n) is 4.99. The topological polar surface area (TPSA) is 55.1 Å². The highest BCUT2D eigenvalue weighted by Gasteiger charge is 2.15. The van der Waals surface area contributed by atoms with Crippen molar-refractivity contribution in [3.63, 3.8) is 0 Å². The van der Waals surface area contributed by atoms with E-state index in [1.165, 1.54) is 0 Å². The van der Waals surface area contributed by atoms with Gasteiger partial charge in [0.05, 0.1) is 6.54 Å². The van der Waals surface area contributed by atoms with Crippen molar-refractivity contribution >= 4 is 5.91 Å². The van der Waals surface area contributed by atoms with Crippen LogP contribution < -0.4 is 11.1 Å². The molecule has 0 fully saturated rings. The van der Waals surface area contributed by atoms with E-state index in [-0.39, 0.29) is 11.9 Å². The van der Waals surface area contributed by atoms with Crippen molar-refractivity contribution in [2.75, 3.05) is 6.54 Å². The van der Waals surface area contributed by atoms with Crippen LogP contribution in [0.25, 0.3) is 0 Å². The van der Waals surface area contributed by atoms with E-state index in [2.05, 4.69) is 31.0 Å². The van der Waals surface area contributed by atoms with Crippen molar-refractivity contribution in [1.82, 2.24) is 5.32 Å². The van der Waals surface area contributed by atoms with Crippen molar-refractivity contribution in [3.05, 3.63) is 34.9 Å². The molecule has 0 saturated carbocycles. The van der Waals surface area contributed by atoms with E-state index in [9.17, 15) is 4.79 Å². The maximum atomic E-state index is 12.2. The Morgan fingerprint density at radius 1 is 1.37 bits per heavy atom. The van der Waals surface area contributed by atoms with Crippen LogP contribution in [0.3, 0.4) is 0 Å². The molecule has 0 aliphatic heterocycles. The molecule has 1 aromatic rings. The molecule has 3 heteroatoms. The summed E-state index contributed by atoms with van der Waals surface area (Å²) < 4.78 is 0. The molecule has 102 valence electrons. The number of benzene rings is 1. The summed E-state index contributed by atoms with van der Waals surface area (Å²) in [5.74, 6) is 6.17. The van der Waals surface area contributed by atoms with Crippen molar-refractivity contribution in [2.24, 2.45) is 11.7 Å². The highest BCUT2D eigenvalue weighted by molar-refractivity contribution is 5.96. The summed E-state index contributed by atoms with van der Waals surface area (Å²) in [5, 5.41) is 3.01. The molecular formula is C16H22N2O. The van der Waals surface area contributed by atoms with Crippen LogP contribution in [0.2, 0.25) is 0 Å². The van der Waals surface area contributed by atoms with Crippen LogP contribution in [0.15, 0.2) is 18.2 Å². The zero-order valence-electron chi connectivity index (χ0n) is 12.1. The van der Waals surface area contributed by atoms with Gasteiger partial charge in [0, 0.05) is 17.2 Å². The SMILES string of the molecule is Cc1c(C#CCN)cccc1C(=O)NC(C)C(C)C. The monoisotopic (exact) mass is 258 g/mol. The summed E-state index contributed by atoms with van der Waals surface area (Å²) in [6, 6.07) is 5.72. The third kappa shape index (κ3) is 4.11. The third-order valence-corrected chi connectivity index (χ3v) is 3.26. The van der Waals surface area contributed by atoms with E-state index < -0.39 is 0 Å². The Kier molecular flexibility index (Phi) is 5.59. The largest absolute Gasteiger partial charge is 0.349 e. The summed E-state index contributed by atoms with van der Waals surface area (Å²) in [6.45, 7) is 8.41. The first-order valence-corrected chi connectivity index (χ1v) is 6.56. The van der Waals surface area contributed by atoms with Gasteiger partial charge in [0.25, 0.3) is 5.91 Å². The van der Waals surface area contributed by atoms with E-state index in [0.29, 0.717) is 18.0 Å². The van der Waals surface area contributed by atoms with E-state index in [1.54, 1.807) is 0 Å². The Bertz CT molecular complexity index is 509. The number of carbonyl (C=O) groups excluding carboxylic acids is 1. The van der Waals surface area contributed by atoms with Crippen LogP contribution in [0, 0.1) is 24.7 Å². The summed E-state index contributed by atoms with van der Waals surface area (Å²) in [6.07, 6.45) is 0. The molecule has 1 amide bonds. The van der Waals surface area contributed by atoms with Gasteiger partial charge in [-0.1, -0.05) is 31.8 Å². The van der Waals surface area contributed by atoms with Crippen LogP contribution in [0.1, 0.15) is 42.3 Å². The fraction of sp³-hybridized carbons (Fsp3) is 0.438. The number of rotatable bonds is 3. The standard InChI is InChI=1S/C16H22N2O/c1-11(2)13(4)18-16(19)15-9-5-7-14(12(15)3)8-6-10-17/h5,7,9,11,13H,10,17H2,1-4H3,(H,18,19). The van der Waals surface area contributed by atoms with Crippen molar-refractivity contribution in [3.8, 4) is 11.8 Å². The average Bonchev–Trinajstić information content (AvgIpc) is 2.37. The molecule has 0 bridgehead atoms. The zero-order valence-corrected chi connectivity index (χ0v) is 12.1. The highest BCUT2D eigenvalue weighted by atomic mass is 16.1. The predicted octanol–water partition coefficient (Wildman–Crippen LogP) is 2.08.